The molecule has 0 spiro atoms. The Morgan fingerprint density at radius 2 is 1.79 bits per heavy atom. The Hall–Kier alpha value is -3.17. The van der Waals surface area contributed by atoms with Crippen molar-refractivity contribution in [3.63, 3.8) is 0 Å². The van der Waals surface area contributed by atoms with Gasteiger partial charge in [-0.3, -0.25) is 9.59 Å². The molecule has 1 aromatic heterocycles. The zero-order valence-corrected chi connectivity index (χ0v) is 18.7. The van der Waals surface area contributed by atoms with Gasteiger partial charge in [0.1, 0.15) is 17.6 Å². The first-order valence-corrected chi connectivity index (χ1v) is 11.0. The Kier molecular flexibility index (Phi) is 6.27. The minimum Gasteiger partial charge on any atom is -0.349 e. The molecular weight excluding hydrogens is 435 g/mol. The summed E-state index contributed by atoms with van der Waals surface area (Å²) in [5, 5.41) is 5.66. The summed E-state index contributed by atoms with van der Waals surface area (Å²) in [6.07, 6.45) is 3.76. The third kappa shape index (κ3) is 4.65. The number of rotatable bonds is 4. The van der Waals surface area contributed by atoms with E-state index in [0.29, 0.717) is 54.6 Å². The van der Waals surface area contributed by atoms with Crippen LogP contribution in [-0.4, -0.2) is 40.9 Å². The molecule has 2 aromatic rings. The maximum absolute atomic E-state index is 13.4. The fourth-order valence-corrected chi connectivity index (χ4v) is 4.42. The monoisotopic (exact) mass is 461 g/mol. The van der Waals surface area contributed by atoms with Gasteiger partial charge in [-0.1, -0.05) is 0 Å². The van der Waals surface area contributed by atoms with Crippen LogP contribution in [0.5, 0.6) is 0 Å². The zero-order chi connectivity index (χ0) is 23.9. The van der Waals surface area contributed by atoms with E-state index in [-0.39, 0.29) is 23.6 Å². The Balaban J connectivity index is 1.36. The Labute approximate surface area is 189 Å². The molecule has 0 radical (unpaired) electrons. The second-order valence-electron chi connectivity index (χ2n) is 8.85. The Morgan fingerprint density at radius 3 is 2.42 bits per heavy atom. The van der Waals surface area contributed by atoms with Crippen molar-refractivity contribution in [3.05, 3.63) is 46.7 Å². The van der Waals surface area contributed by atoms with Crippen molar-refractivity contribution in [2.45, 2.75) is 58.0 Å². The SMILES string of the molecule is Cc1nc(CC2CCC(NC(=O)c3cc(F)c(F)c(F)c3)CC2)nc2c1NC(=O)[C@H](C)N2C. The van der Waals surface area contributed by atoms with Gasteiger partial charge < -0.3 is 15.5 Å². The lowest BCUT2D eigenvalue weighted by Crippen LogP contribution is -2.45. The third-order valence-corrected chi connectivity index (χ3v) is 6.56. The quantitative estimate of drug-likeness (QED) is 0.681. The summed E-state index contributed by atoms with van der Waals surface area (Å²) in [7, 11) is 1.84. The molecular formula is C23H26F3N5O2. The summed E-state index contributed by atoms with van der Waals surface area (Å²) in [5.74, 6) is -3.31. The van der Waals surface area contributed by atoms with Crippen LogP contribution in [0, 0.1) is 30.3 Å². The van der Waals surface area contributed by atoms with Gasteiger partial charge in [0.2, 0.25) is 5.91 Å². The first-order valence-electron chi connectivity index (χ1n) is 11.0. The molecule has 1 aromatic carbocycles. The number of benzene rings is 1. The number of carbonyl (C=O) groups excluding carboxylic acids is 2. The van der Waals surface area contributed by atoms with Crippen LogP contribution >= 0.6 is 0 Å². The standard InChI is InChI=1S/C23H26F3N5O2/c1-11-20-21(31(3)12(2)22(32)30-20)29-18(27-11)8-13-4-6-15(7-5-13)28-23(33)14-9-16(24)19(26)17(25)10-14/h9-10,12-13,15H,4-8H2,1-3H3,(H,28,33)(H,30,32)/t12-,13?,15?/m0/s1. The molecule has 4 rings (SSSR count). The van der Waals surface area contributed by atoms with Gasteiger partial charge in [0.15, 0.2) is 23.3 Å². The van der Waals surface area contributed by atoms with Crippen LogP contribution in [0.25, 0.3) is 0 Å². The number of likely N-dealkylation sites (N-methyl/N-ethyl adjacent to an activating group) is 1. The number of aromatic nitrogens is 2. The lowest BCUT2D eigenvalue weighted by molar-refractivity contribution is -0.117. The van der Waals surface area contributed by atoms with Crippen molar-refractivity contribution in [2.75, 3.05) is 17.3 Å². The number of halogens is 3. The van der Waals surface area contributed by atoms with Crippen molar-refractivity contribution in [1.82, 2.24) is 15.3 Å². The van der Waals surface area contributed by atoms with Crippen LogP contribution in [0.3, 0.4) is 0 Å². The van der Waals surface area contributed by atoms with Crippen molar-refractivity contribution in [1.29, 1.82) is 0 Å². The molecule has 2 aliphatic rings. The van der Waals surface area contributed by atoms with Crippen LogP contribution in [0.4, 0.5) is 24.7 Å². The molecule has 1 aliphatic heterocycles. The largest absolute Gasteiger partial charge is 0.349 e. The second-order valence-corrected chi connectivity index (χ2v) is 8.85. The molecule has 7 nitrogen and oxygen atoms in total. The molecule has 1 fully saturated rings. The summed E-state index contributed by atoms with van der Waals surface area (Å²) >= 11 is 0. The van der Waals surface area contributed by atoms with Gasteiger partial charge in [0, 0.05) is 25.1 Å². The Bertz CT molecular complexity index is 1080. The van der Waals surface area contributed by atoms with Crippen molar-refractivity contribution in [2.24, 2.45) is 5.92 Å². The predicted molar refractivity (Wildman–Crippen MR) is 116 cm³/mol. The molecule has 1 aliphatic carbocycles. The number of carbonyl (C=O) groups is 2. The van der Waals surface area contributed by atoms with E-state index in [4.69, 9.17) is 4.98 Å². The molecule has 2 heterocycles. The number of hydrogen-bond acceptors (Lipinski definition) is 5. The van der Waals surface area contributed by atoms with Crippen LogP contribution in [-0.2, 0) is 11.2 Å². The van der Waals surface area contributed by atoms with Gasteiger partial charge in [0.25, 0.3) is 5.91 Å². The average Bonchev–Trinajstić information content (AvgIpc) is 2.78. The number of hydrogen-bond donors (Lipinski definition) is 2. The van der Waals surface area contributed by atoms with E-state index < -0.39 is 23.4 Å². The van der Waals surface area contributed by atoms with Crippen LogP contribution in [0.1, 0.15) is 54.5 Å². The lowest BCUT2D eigenvalue weighted by atomic mass is 9.84. The summed E-state index contributed by atoms with van der Waals surface area (Å²) in [5.41, 5.74) is 1.13. The fourth-order valence-electron chi connectivity index (χ4n) is 4.42. The van der Waals surface area contributed by atoms with E-state index in [1.54, 1.807) is 0 Å². The number of aryl methyl sites for hydroxylation is 1. The number of amides is 2. The smallest absolute Gasteiger partial charge is 0.251 e. The summed E-state index contributed by atoms with van der Waals surface area (Å²) in [6, 6.07) is 0.963. The molecule has 0 saturated heterocycles. The number of fused-ring (bicyclic) bond motifs is 1. The predicted octanol–water partition coefficient (Wildman–Crippen LogP) is 3.51. The highest BCUT2D eigenvalue weighted by Gasteiger charge is 2.31. The summed E-state index contributed by atoms with van der Waals surface area (Å²) < 4.78 is 39.9. The van der Waals surface area contributed by atoms with Crippen molar-refractivity contribution in [3.8, 4) is 0 Å². The van der Waals surface area contributed by atoms with E-state index in [9.17, 15) is 22.8 Å². The minimum atomic E-state index is -1.59. The summed E-state index contributed by atoms with van der Waals surface area (Å²) in [4.78, 5) is 35.5. The second kappa shape index (κ2) is 8.99. The van der Waals surface area contributed by atoms with Crippen LogP contribution < -0.4 is 15.5 Å². The molecule has 10 heteroatoms. The fraction of sp³-hybridized carbons (Fsp3) is 0.478. The average molecular weight is 461 g/mol. The van der Waals surface area contributed by atoms with Crippen molar-refractivity contribution >= 4 is 23.3 Å². The highest BCUT2D eigenvalue weighted by molar-refractivity contribution is 6.02. The molecule has 2 N–H and O–H groups in total. The van der Waals surface area contributed by atoms with Gasteiger partial charge in [-0.05, 0) is 57.6 Å². The maximum Gasteiger partial charge on any atom is 0.251 e. The van der Waals surface area contributed by atoms with Crippen molar-refractivity contribution < 1.29 is 22.8 Å². The normalized spacial score (nSPS) is 22.5. The van der Waals surface area contributed by atoms with Crippen LogP contribution in [0.15, 0.2) is 12.1 Å². The first kappa shape index (κ1) is 23.0. The molecule has 176 valence electrons. The molecule has 1 saturated carbocycles. The molecule has 33 heavy (non-hydrogen) atoms. The third-order valence-electron chi connectivity index (χ3n) is 6.56. The number of nitrogens with one attached hydrogen (secondary N) is 2. The van der Waals surface area contributed by atoms with Gasteiger partial charge >= 0.3 is 0 Å². The van der Waals surface area contributed by atoms with Crippen LogP contribution in [0.2, 0.25) is 0 Å². The zero-order valence-electron chi connectivity index (χ0n) is 18.7. The maximum atomic E-state index is 13.4. The number of anilines is 2. The molecule has 1 atom stereocenters. The van der Waals surface area contributed by atoms with Gasteiger partial charge in [-0.25, -0.2) is 23.1 Å². The minimum absolute atomic E-state index is 0.0871. The van der Waals surface area contributed by atoms with E-state index in [1.807, 2.05) is 25.8 Å². The Morgan fingerprint density at radius 1 is 1.15 bits per heavy atom. The topological polar surface area (TPSA) is 87.2 Å². The lowest BCUT2D eigenvalue weighted by Gasteiger charge is -2.33. The highest BCUT2D eigenvalue weighted by atomic mass is 19.2. The molecule has 0 unspecified atom stereocenters. The molecule has 2 amide bonds. The number of nitrogens with zero attached hydrogens (tertiary/aromatic N) is 3. The molecule has 0 bridgehead atoms. The van der Waals surface area contributed by atoms with E-state index >= 15 is 0 Å². The highest BCUT2D eigenvalue weighted by Crippen LogP contribution is 2.33. The summed E-state index contributed by atoms with van der Waals surface area (Å²) in [6.45, 7) is 3.67. The van der Waals surface area contributed by atoms with E-state index in [2.05, 4.69) is 15.6 Å². The van der Waals surface area contributed by atoms with Gasteiger partial charge in [0.05, 0.1) is 5.69 Å². The van der Waals surface area contributed by atoms with Gasteiger partial charge in [-0.15, -0.1) is 0 Å². The van der Waals surface area contributed by atoms with E-state index in [1.165, 1.54) is 0 Å². The van der Waals surface area contributed by atoms with E-state index in [0.717, 1.165) is 18.5 Å². The first-order chi connectivity index (χ1) is 15.6. The van der Waals surface area contributed by atoms with Gasteiger partial charge in [-0.2, -0.15) is 0 Å².